The van der Waals surface area contributed by atoms with Gasteiger partial charge in [0.15, 0.2) is 0 Å². The summed E-state index contributed by atoms with van der Waals surface area (Å²) in [5.41, 5.74) is 0.649. The normalized spacial score (nSPS) is 13.9. The lowest BCUT2D eigenvalue weighted by Gasteiger charge is -2.07. The second kappa shape index (κ2) is 5.75. The number of aryl methyl sites for hydroxylation is 1. The zero-order valence-electron chi connectivity index (χ0n) is 9.51. The zero-order valence-corrected chi connectivity index (χ0v) is 11.1. The minimum absolute atomic E-state index is 0.143. The molecule has 1 unspecified atom stereocenters. The summed E-state index contributed by atoms with van der Waals surface area (Å²) < 4.78 is 22.5. The maximum atomic E-state index is 11.2. The molecule has 0 aliphatic heterocycles. The zero-order chi connectivity index (χ0) is 12.2. The quantitative estimate of drug-likeness (QED) is 0.848. The maximum absolute atomic E-state index is 11.2. The Morgan fingerprint density at radius 3 is 2.75 bits per heavy atom. The molecule has 0 amide bonds. The third-order valence-electron chi connectivity index (χ3n) is 2.35. The minimum Gasteiger partial charge on any atom is -0.387 e. The Morgan fingerprint density at radius 2 is 2.25 bits per heavy atom. The first-order chi connectivity index (χ1) is 7.44. The van der Waals surface area contributed by atoms with Crippen molar-refractivity contribution in [3.8, 4) is 0 Å². The summed E-state index contributed by atoms with van der Waals surface area (Å²) in [6.07, 6.45) is 0.285. The Morgan fingerprint density at radius 1 is 1.56 bits per heavy atom. The van der Waals surface area contributed by atoms with Crippen LogP contribution in [0.4, 0.5) is 0 Å². The smallest absolute Gasteiger partial charge is 0.150 e. The summed E-state index contributed by atoms with van der Waals surface area (Å²) in [5.74, 6) is 0.308. The summed E-state index contributed by atoms with van der Waals surface area (Å²) in [5, 5.41) is 12.5. The second-order valence-electron chi connectivity index (χ2n) is 3.69. The molecule has 0 aromatic carbocycles. The van der Waals surface area contributed by atoms with Crippen molar-refractivity contribution < 1.29 is 13.5 Å². The number of hydrogen-bond donors (Lipinski definition) is 1. The van der Waals surface area contributed by atoms with Gasteiger partial charge in [-0.2, -0.15) is 0 Å². The van der Waals surface area contributed by atoms with Crippen LogP contribution in [0.2, 0.25) is 0 Å². The van der Waals surface area contributed by atoms with Crippen LogP contribution in [0, 0.1) is 6.92 Å². The topological polar surface area (TPSA) is 67.3 Å². The molecule has 0 aliphatic carbocycles. The van der Waals surface area contributed by atoms with Crippen molar-refractivity contribution >= 4 is 21.2 Å². The van der Waals surface area contributed by atoms with Crippen molar-refractivity contribution in [2.45, 2.75) is 32.8 Å². The van der Waals surface area contributed by atoms with Crippen LogP contribution < -0.4 is 0 Å². The average molecular weight is 263 g/mol. The van der Waals surface area contributed by atoms with Crippen molar-refractivity contribution in [2.75, 3.05) is 11.5 Å². The van der Waals surface area contributed by atoms with E-state index in [9.17, 15) is 13.5 Å². The van der Waals surface area contributed by atoms with Gasteiger partial charge in [-0.15, -0.1) is 11.3 Å². The van der Waals surface area contributed by atoms with Crippen LogP contribution in [0.15, 0.2) is 5.38 Å². The van der Waals surface area contributed by atoms with Crippen molar-refractivity contribution in [3.05, 3.63) is 16.1 Å². The fraction of sp³-hybridized carbons (Fsp3) is 0.700. The fourth-order valence-electron chi connectivity index (χ4n) is 1.32. The number of nitrogens with zero attached hydrogens (tertiary/aromatic N) is 1. The van der Waals surface area contributed by atoms with Gasteiger partial charge in [0, 0.05) is 11.1 Å². The highest BCUT2D eigenvalue weighted by atomic mass is 32.2. The molecule has 0 aliphatic rings. The lowest BCUT2D eigenvalue weighted by molar-refractivity contribution is 0.162. The molecule has 0 spiro atoms. The van der Waals surface area contributed by atoms with E-state index in [0.29, 0.717) is 18.5 Å². The Kier molecular flexibility index (Phi) is 4.89. The van der Waals surface area contributed by atoms with Gasteiger partial charge in [-0.1, -0.05) is 6.92 Å². The highest BCUT2D eigenvalue weighted by Gasteiger charge is 2.13. The molecule has 1 aromatic heterocycles. The summed E-state index contributed by atoms with van der Waals surface area (Å²) >= 11 is 1.49. The Labute approximate surface area is 100 Å². The van der Waals surface area contributed by atoms with Gasteiger partial charge in [0.25, 0.3) is 0 Å². The molecule has 1 heterocycles. The van der Waals surface area contributed by atoms with Crippen LogP contribution in [0.5, 0.6) is 0 Å². The predicted molar refractivity (Wildman–Crippen MR) is 65.4 cm³/mol. The van der Waals surface area contributed by atoms with E-state index in [1.165, 1.54) is 11.3 Å². The van der Waals surface area contributed by atoms with Gasteiger partial charge in [0.05, 0.1) is 22.6 Å². The van der Waals surface area contributed by atoms with Gasteiger partial charge < -0.3 is 5.11 Å². The first-order valence-electron chi connectivity index (χ1n) is 5.25. The SMILES string of the molecule is CCS(=O)(=O)CCCC(O)c1csc(C)n1. The maximum Gasteiger partial charge on any atom is 0.150 e. The minimum atomic E-state index is -2.92. The van der Waals surface area contributed by atoms with E-state index in [-0.39, 0.29) is 11.5 Å². The van der Waals surface area contributed by atoms with E-state index in [4.69, 9.17) is 0 Å². The highest BCUT2D eigenvalue weighted by molar-refractivity contribution is 7.91. The number of sulfone groups is 1. The molecule has 1 atom stereocenters. The Hall–Kier alpha value is -0.460. The lowest BCUT2D eigenvalue weighted by atomic mass is 10.2. The van der Waals surface area contributed by atoms with Gasteiger partial charge in [-0.3, -0.25) is 0 Å². The monoisotopic (exact) mass is 263 g/mol. The predicted octanol–water partition coefficient (Wildman–Crippen LogP) is 1.70. The van der Waals surface area contributed by atoms with E-state index in [0.717, 1.165) is 5.01 Å². The molecule has 0 bridgehead atoms. The second-order valence-corrected chi connectivity index (χ2v) is 7.22. The molecule has 0 saturated carbocycles. The Bertz CT molecular complexity index is 425. The molecule has 1 aromatic rings. The molecule has 4 nitrogen and oxygen atoms in total. The summed E-state index contributed by atoms with van der Waals surface area (Å²) in [6.45, 7) is 3.51. The third-order valence-corrected chi connectivity index (χ3v) is 4.93. The third kappa shape index (κ3) is 4.19. The molecular weight excluding hydrogens is 246 g/mol. The number of thiazole rings is 1. The average Bonchev–Trinajstić information content (AvgIpc) is 2.64. The summed E-state index contributed by atoms with van der Waals surface area (Å²) in [7, 11) is -2.92. The highest BCUT2D eigenvalue weighted by Crippen LogP contribution is 2.20. The molecule has 1 rings (SSSR count). The van der Waals surface area contributed by atoms with Crippen LogP contribution in [0.3, 0.4) is 0 Å². The standard InChI is InChI=1S/C10H17NO3S2/c1-3-16(13,14)6-4-5-10(12)9-7-15-8(2)11-9/h7,10,12H,3-6H2,1-2H3. The van der Waals surface area contributed by atoms with Crippen molar-refractivity contribution in [2.24, 2.45) is 0 Å². The molecule has 92 valence electrons. The molecule has 1 N–H and O–H groups in total. The van der Waals surface area contributed by atoms with Gasteiger partial charge in [0.1, 0.15) is 9.84 Å². The number of hydrogen-bond acceptors (Lipinski definition) is 5. The van der Waals surface area contributed by atoms with E-state index in [2.05, 4.69) is 4.98 Å². The van der Waals surface area contributed by atoms with Crippen LogP contribution in [-0.4, -0.2) is 30.0 Å². The Balaban J connectivity index is 2.39. The van der Waals surface area contributed by atoms with E-state index in [1.807, 2.05) is 12.3 Å². The van der Waals surface area contributed by atoms with E-state index in [1.54, 1.807) is 6.92 Å². The van der Waals surface area contributed by atoms with Crippen LogP contribution >= 0.6 is 11.3 Å². The van der Waals surface area contributed by atoms with Gasteiger partial charge in [-0.05, 0) is 19.8 Å². The van der Waals surface area contributed by atoms with Gasteiger partial charge >= 0.3 is 0 Å². The van der Waals surface area contributed by atoms with Gasteiger partial charge in [-0.25, -0.2) is 13.4 Å². The first kappa shape index (κ1) is 13.6. The molecule has 6 heteroatoms. The largest absolute Gasteiger partial charge is 0.387 e. The molecular formula is C10H17NO3S2. The summed E-state index contributed by atoms with van der Waals surface area (Å²) in [6, 6.07) is 0. The number of aliphatic hydroxyl groups excluding tert-OH is 1. The van der Waals surface area contributed by atoms with Crippen LogP contribution in [-0.2, 0) is 9.84 Å². The van der Waals surface area contributed by atoms with Crippen LogP contribution in [0.1, 0.15) is 36.6 Å². The molecule has 0 radical (unpaired) electrons. The van der Waals surface area contributed by atoms with E-state index >= 15 is 0 Å². The van der Waals surface area contributed by atoms with E-state index < -0.39 is 15.9 Å². The summed E-state index contributed by atoms with van der Waals surface area (Å²) in [4.78, 5) is 4.16. The molecule has 0 saturated heterocycles. The molecule has 16 heavy (non-hydrogen) atoms. The number of aliphatic hydroxyl groups is 1. The lowest BCUT2D eigenvalue weighted by Crippen LogP contribution is -2.10. The van der Waals surface area contributed by atoms with Crippen molar-refractivity contribution in [1.29, 1.82) is 0 Å². The van der Waals surface area contributed by atoms with Gasteiger partial charge in [0.2, 0.25) is 0 Å². The fourth-order valence-corrected chi connectivity index (χ4v) is 2.88. The van der Waals surface area contributed by atoms with Crippen LogP contribution in [0.25, 0.3) is 0 Å². The number of aromatic nitrogens is 1. The van der Waals surface area contributed by atoms with Crippen molar-refractivity contribution in [1.82, 2.24) is 4.98 Å². The first-order valence-corrected chi connectivity index (χ1v) is 7.95. The number of rotatable bonds is 6. The van der Waals surface area contributed by atoms with Crippen molar-refractivity contribution in [3.63, 3.8) is 0 Å². The molecule has 0 fully saturated rings.